The Morgan fingerprint density at radius 2 is 0.554 bits per heavy atom. The molecule has 24 heteroatoms. The molecular formula is C50H19BF20S3. The quantitative estimate of drug-likeness (QED) is 0.0444. The van der Waals surface area contributed by atoms with E-state index >= 15 is 35.1 Å². The highest BCUT2D eigenvalue weighted by molar-refractivity contribution is 7.99. The van der Waals surface area contributed by atoms with E-state index in [0.717, 1.165) is 0 Å². The summed E-state index contributed by atoms with van der Waals surface area (Å²) in [6, 6.07) is 39.5. The lowest BCUT2D eigenvalue weighted by Crippen LogP contribution is -2.81. The first-order chi connectivity index (χ1) is 35.1. The van der Waals surface area contributed by atoms with E-state index < -0.39 is 144 Å². The van der Waals surface area contributed by atoms with Crippen LogP contribution in [0.4, 0.5) is 87.8 Å². The van der Waals surface area contributed by atoms with Crippen molar-refractivity contribution in [3.8, 4) is 20.9 Å². The molecule has 0 aliphatic rings. The van der Waals surface area contributed by atoms with Crippen molar-refractivity contribution >= 4 is 61.6 Å². The first kappa shape index (κ1) is 53.3. The summed E-state index contributed by atoms with van der Waals surface area (Å²) in [5.41, 5.74) is -11.8. The molecule has 2 aromatic heterocycles. The number of benzene rings is 7. The average molecular weight is 1110 g/mol. The summed E-state index contributed by atoms with van der Waals surface area (Å²) in [7, 11) is -0.0761. The van der Waals surface area contributed by atoms with Gasteiger partial charge in [-0.25, -0.2) is 87.8 Å². The Kier molecular flexibility index (Phi) is 14.9. The van der Waals surface area contributed by atoms with Crippen LogP contribution in [-0.2, 0) is 10.9 Å². The summed E-state index contributed by atoms with van der Waals surface area (Å²) >= 11 is 3.69. The summed E-state index contributed by atoms with van der Waals surface area (Å²) < 4.78 is 295. The van der Waals surface area contributed by atoms with Crippen molar-refractivity contribution in [2.45, 2.75) is 14.0 Å². The van der Waals surface area contributed by atoms with Gasteiger partial charge in [0.15, 0.2) is 79.6 Å². The molecule has 0 spiro atoms. The van der Waals surface area contributed by atoms with Crippen molar-refractivity contribution in [3.05, 3.63) is 231 Å². The molecule has 9 rings (SSSR count). The molecule has 0 amide bonds. The Bertz CT molecular complexity index is 3190. The van der Waals surface area contributed by atoms with Gasteiger partial charge in [-0.05, 0) is 52.9 Å². The van der Waals surface area contributed by atoms with Crippen molar-refractivity contribution < 1.29 is 87.8 Å². The fraction of sp³-hybridized carbons (Fsp3) is 0. The number of hydrogen-bond donors (Lipinski definition) is 0. The molecule has 0 saturated carbocycles. The minimum absolute atomic E-state index is 0.0761. The lowest BCUT2D eigenvalue weighted by atomic mass is 9.12. The van der Waals surface area contributed by atoms with Crippen LogP contribution in [0.3, 0.4) is 0 Å². The molecular weight excluding hydrogens is 1090 g/mol. The van der Waals surface area contributed by atoms with Gasteiger partial charge < -0.3 is 0 Å². The molecule has 0 unspecified atom stereocenters. The Hall–Kier alpha value is -7.05. The van der Waals surface area contributed by atoms with Crippen LogP contribution in [0.5, 0.6) is 0 Å². The predicted octanol–water partition coefficient (Wildman–Crippen LogP) is 14.1. The molecule has 0 atom stereocenters. The fourth-order valence-corrected chi connectivity index (χ4v) is 12.6. The number of halogens is 20. The highest BCUT2D eigenvalue weighted by Gasteiger charge is 2.52. The Labute approximate surface area is 413 Å². The first-order valence-electron chi connectivity index (χ1n) is 20.4. The third kappa shape index (κ3) is 8.68. The third-order valence-electron chi connectivity index (χ3n) is 11.4. The number of rotatable bonds is 9. The van der Waals surface area contributed by atoms with E-state index in [0.29, 0.717) is 0 Å². The van der Waals surface area contributed by atoms with E-state index in [-0.39, 0.29) is 10.9 Å². The van der Waals surface area contributed by atoms with Gasteiger partial charge in [0, 0.05) is 15.8 Å². The second-order valence-electron chi connectivity index (χ2n) is 15.4. The molecule has 0 saturated heterocycles. The van der Waals surface area contributed by atoms with E-state index in [1.54, 1.807) is 11.3 Å². The molecule has 0 bridgehead atoms. The molecule has 2 heterocycles. The lowest BCUT2D eigenvalue weighted by Gasteiger charge is -2.44. The smallest absolute Gasteiger partial charge is 0.207 e. The van der Waals surface area contributed by atoms with Gasteiger partial charge in [-0.15, -0.1) is 33.2 Å². The SMILES string of the molecule is Fc1c(F)c(F)c([B-](c2c(F)c(F)c(F)c(F)c2F)(c2c(F)c(F)c(F)c(F)c2F)c2c(F)c(F)c(F)c(F)c2F)c(F)c1F.c1ccc([S+](c2ccccc2)c2ccc(-c3ccc(-c4cccs4)cc3)s2)cc1. The average Bonchev–Trinajstić information content (AvgIpc) is 4.14. The lowest BCUT2D eigenvalue weighted by molar-refractivity contribution is 0.378. The van der Waals surface area contributed by atoms with Crippen LogP contribution in [0.1, 0.15) is 0 Å². The van der Waals surface area contributed by atoms with Gasteiger partial charge >= 0.3 is 0 Å². The number of thiophene rings is 2. The minimum Gasteiger partial charge on any atom is -0.207 e. The van der Waals surface area contributed by atoms with Crippen molar-refractivity contribution in [2.24, 2.45) is 0 Å². The molecule has 0 fully saturated rings. The zero-order valence-electron chi connectivity index (χ0n) is 35.8. The second kappa shape index (κ2) is 20.7. The van der Waals surface area contributed by atoms with Crippen molar-refractivity contribution in [3.63, 3.8) is 0 Å². The van der Waals surface area contributed by atoms with E-state index in [4.69, 9.17) is 0 Å². The van der Waals surface area contributed by atoms with E-state index in [1.165, 1.54) is 34.9 Å². The second-order valence-corrected chi connectivity index (χ2v) is 19.7. The Morgan fingerprint density at radius 3 is 0.838 bits per heavy atom. The number of hydrogen-bond acceptors (Lipinski definition) is 2. The molecule has 7 aromatic carbocycles. The maximum Gasteiger partial charge on any atom is 0.220 e. The fourth-order valence-electron chi connectivity index (χ4n) is 8.18. The molecule has 9 aromatic rings. The van der Waals surface area contributed by atoms with E-state index in [1.807, 2.05) is 11.3 Å². The summed E-state index contributed by atoms with van der Waals surface area (Å²) in [4.78, 5) is 5.36. The largest absolute Gasteiger partial charge is 0.220 e. The molecule has 380 valence electrons. The topological polar surface area (TPSA) is 0 Å². The maximum atomic E-state index is 15.4. The third-order valence-corrected chi connectivity index (χ3v) is 16.0. The van der Waals surface area contributed by atoms with Gasteiger partial charge in [0.2, 0.25) is 4.21 Å². The summed E-state index contributed by atoms with van der Waals surface area (Å²) in [5.74, 6) is -71.4. The van der Waals surface area contributed by atoms with Gasteiger partial charge in [-0.2, -0.15) is 0 Å². The monoisotopic (exact) mass is 1110 g/mol. The van der Waals surface area contributed by atoms with E-state index in [9.17, 15) is 52.7 Å². The normalized spacial score (nSPS) is 11.6. The highest BCUT2D eigenvalue weighted by atomic mass is 32.2. The van der Waals surface area contributed by atoms with E-state index in [2.05, 4.69) is 115 Å². The molecule has 0 aliphatic heterocycles. The van der Waals surface area contributed by atoms with Crippen LogP contribution in [-0.4, -0.2) is 6.15 Å². The Morgan fingerprint density at radius 1 is 0.270 bits per heavy atom. The van der Waals surface area contributed by atoms with Crippen LogP contribution in [0.15, 0.2) is 129 Å². The molecule has 74 heavy (non-hydrogen) atoms. The summed E-state index contributed by atoms with van der Waals surface area (Å²) in [6.07, 6.45) is -7.22. The minimum atomic E-state index is -7.22. The van der Waals surface area contributed by atoms with Crippen LogP contribution in [0.25, 0.3) is 20.9 Å². The zero-order chi connectivity index (χ0) is 53.8. The van der Waals surface area contributed by atoms with Gasteiger partial charge in [-0.3, -0.25) is 0 Å². The first-order valence-corrected chi connectivity index (χ1v) is 23.3. The predicted molar refractivity (Wildman–Crippen MR) is 237 cm³/mol. The molecule has 0 nitrogen and oxygen atoms in total. The van der Waals surface area contributed by atoms with Crippen molar-refractivity contribution in [2.75, 3.05) is 0 Å². The highest BCUT2D eigenvalue weighted by Crippen LogP contribution is 2.40. The van der Waals surface area contributed by atoms with Crippen LogP contribution in [0, 0.1) is 116 Å². The van der Waals surface area contributed by atoms with Gasteiger partial charge in [0.05, 0.1) is 0 Å². The maximum absolute atomic E-state index is 15.4. The molecule has 0 N–H and O–H groups in total. The summed E-state index contributed by atoms with van der Waals surface area (Å²) in [5, 5.41) is 2.13. The van der Waals surface area contributed by atoms with Gasteiger partial charge in [0.1, 0.15) is 63.6 Å². The zero-order valence-corrected chi connectivity index (χ0v) is 38.3. The van der Waals surface area contributed by atoms with Gasteiger partial charge in [-0.1, -0.05) is 78.1 Å². The van der Waals surface area contributed by atoms with Gasteiger partial charge in [0.25, 0.3) is 0 Å². The van der Waals surface area contributed by atoms with Crippen LogP contribution >= 0.6 is 22.7 Å². The van der Waals surface area contributed by atoms with Crippen molar-refractivity contribution in [1.29, 1.82) is 0 Å². The Balaban J connectivity index is 0.000000215. The molecule has 0 radical (unpaired) electrons. The van der Waals surface area contributed by atoms with Crippen molar-refractivity contribution in [1.82, 2.24) is 0 Å². The summed E-state index contributed by atoms with van der Waals surface area (Å²) in [6.45, 7) is 0. The van der Waals surface area contributed by atoms with Crippen LogP contribution < -0.4 is 21.9 Å². The standard InChI is InChI=1S/C26H19S3.C24BF20/c1-3-8-22(9-4-1)29(23-10-5-2-6-11-23)26-18-17-25(28-26)21-15-13-20(14-16-21)24-12-7-19-27-24;26-5-1(6(27)14(35)21(42)13(5)34)25(2-7(28)15(36)22(43)16(37)8(2)29,3-9(30)17(38)23(44)18(39)10(3)31)4-11(32)19(40)24(45)20(41)12(4)33/h1-19H;/q+1;-1. The molecule has 0 aliphatic carbocycles. The van der Waals surface area contributed by atoms with Crippen LogP contribution in [0.2, 0.25) is 0 Å².